The van der Waals surface area contributed by atoms with E-state index < -0.39 is 12.1 Å². The van der Waals surface area contributed by atoms with Crippen molar-refractivity contribution < 1.29 is 28.6 Å². The normalized spacial score (nSPS) is 19.4. The molecule has 0 aliphatic carbocycles. The summed E-state index contributed by atoms with van der Waals surface area (Å²) in [6, 6.07) is 15.0. The highest BCUT2D eigenvalue weighted by Crippen LogP contribution is 2.29. The number of aromatic nitrogens is 1. The molecule has 2 aromatic carbocycles. The summed E-state index contributed by atoms with van der Waals surface area (Å²) in [5.74, 6) is 0.752. The second-order valence-electron chi connectivity index (χ2n) is 10.1. The van der Waals surface area contributed by atoms with Crippen LogP contribution in [0, 0.1) is 0 Å². The smallest absolute Gasteiger partial charge is 0.258 e. The molecule has 1 fully saturated rings. The van der Waals surface area contributed by atoms with Crippen LogP contribution in [0.25, 0.3) is 0 Å². The summed E-state index contributed by atoms with van der Waals surface area (Å²) in [7, 11) is 3.11. The van der Waals surface area contributed by atoms with Crippen LogP contribution >= 0.6 is 0 Å². The van der Waals surface area contributed by atoms with Crippen molar-refractivity contribution in [2.45, 2.75) is 31.5 Å². The van der Waals surface area contributed by atoms with Crippen molar-refractivity contribution >= 4 is 17.7 Å². The predicted molar refractivity (Wildman–Crippen MR) is 149 cm³/mol. The van der Waals surface area contributed by atoms with Gasteiger partial charge in [-0.3, -0.25) is 19.2 Å². The first-order valence-corrected chi connectivity index (χ1v) is 13.4. The summed E-state index contributed by atoms with van der Waals surface area (Å²) in [6.07, 6.45) is 1.63. The van der Waals surface area contributed by atoms with E-state index >= 15 is 0 Å². The van der Waals surface area contributed by atoms with E-state index in [4.69, 9.17) is 14.2 Å². The molecule has 214 valence electrons. The number of likely N-dealkylation sites (tertiary alicyclic amines) is 1. The van der Waals surface area contributed by atoms with Gasteiger partial charge in [0.2, 0.25) is 11.5 Å². The van der Waals surface area contributed by atoms with E-state index in [0.29, 0.717) is 35.8 Å². The molecule has 1 aromatic heterocycles. The molecule has 4 bridgehead atoms. The molecule has 0 radical (unpaired) electrons. The minimum Gasteiger partial charge on any atom is -0.493 e. The number of carbonyl (C=O) groups excluding carboxylic acids is 3. The summed E-state index contributed by atoms with van der Waals surface area (Å²) < 4.78 is 18.7. The Bertz CT molecular complexity index is 1500. The number of methoxy groups -OCH3 is 1. The second kappa shape index (κ2) is 12.2. The van der Waals surface area contributed by atoms with Gasteiger partial charge in [0, 0.05) is 38.8 Å². The SMILES string of the molecule is COc1ccc2cc1OCC(=O)NCc1ccc(cc1)O[C@H]1CN(C(=O)c3ccc(=O)n(C)c3)C[C@@H]1NC(=O)CC2. The molecule has 3 amide bonds. The Hall–Kier alpha value is -4.80. The average Bonchev–Trinajstić information content (AvgIpc) is 3.36. The molecule has 3 aliphatic rings. The zero-order valence-electron chi connectivity index (χ0n) is 22.9. The van der Waals surface area contributed by atoms with Crippen LogP contribution < -0.4 is 30.4 Å². The zero-order chi connectivity index (χ0) is 28.9. The van der Waals surface area contributed by atoms with Crippen LogP contribution in [0.3, 0.4) is 0 Å². The summed E-state index contributed by atoms with van der Waals surface area (Å²) in [6.45, 7) is 0.634. The Morgan fingerprint density at radius 1 is 0.951 bits per heavy atom. The summed E-state index contributed by atoms with van der Waals surface area (Å²) in [4.78, 5) is 52.2. The van der Waals surface area contributed by atoms with Crippen molar-refractivity contribution in [3.8, 4) is 17.2 Å². The van der Waals surface area contributed by atoms with Gasteiger partial charge >= 0.3 is 0 Å². The van der Waals surface area contributed by atoms with Crippen LogP contribution in [0.5, 0.6) is 17.2 Å². The number of rotatable bonds is 2. The topological polar surface area (TPSA) is 128 Å². The predicted octanol–water partition coefficient (Wildman–Crippen LogP) is 1.42. The minimum absolute atomic E-state index is 0.181. The lowest BCUT2D eigenvalue weighted by atomic mass is 10.1. The molecule has 11 nitrogen and oxygen atoms in total. The number of hydrogen-bond acceptors (Lipinski definition) is 7. The summed E-state index contributed by atoms with van der Waals surface area (Å²) >= 11 is 0. The number of hydrogen-bond donors (Lipinski definition) is 2. The fraction of sp³-hybridized carbons (Fsp3) is 0.333. The molecule has 3 aromatic rings. The number of aryl methyl sites for hydroxylation is 2. The molecule has 1 saturated heterocycles. The highest BCUT2D eigenvalue weighted by Gasteiger charge is 2.38. The first kappa shape index (κ1) is 27.8. The van der Waals surface area contributed by atoms with Crippen LogP contribution in [-0.4, -0.2) is 66.1 Å². The third-order valence-electron chi connectivity index (χ3n) is 7.16. The number of nitrogens with one attached hydrogen (secondary N) is 2. The molecule has 0 unspecified atom stereocenters. The van der Waals surface area contributed by atoms with Crippen LogP contribution in [0.15, 0.2) is 65.6 Å². The van der Waals surface area contributed by atoms with Gasteiger partial charge in [-0.15, -0.1) is 0 Å². The van der Waals surface area contributed by atoms with Crippen LogP contribution in [-0.2, 0) is 29.6 Å². The van der Waals surface area contributed by atoms with Gasteiger partial charge in [-0.05, 0) is 47.9 Å². The lowest BCUT2D eigenvalue weighted by molar-refractivity contribution is -0.123. The average molecular weight is 561 g/mol. The lowest BCUT2D eigenvalue weighted by Crippen LogP contribution is -2.45. The number of pyridine rings is 1. The minimum atomic E-state index is -0.496. The number of amides is 3. The van der Waals surface area contributed by atoms with Gasteiger partial charge < -0.3 is 34.3 Å². The number of fused-ring (bicyclic) bond motifs is 9. The number of ether oxygens (including phenoxy) is 3. The van der Waals surface area contributed by atoms with E-state index in [1.54, 1.807) is 36.2 Å². The fourth-order valence-electron chi connectivity index (χ4n) is 4.88. The number of carbonyl (C=O) groups is 3. The van der Waals surface area contributed by atoms with Crippen molar-refractivity contribution in [3.63, 3.8) is 0 Å². The Kier molecular flexibility index (Phi) is 8.23. The molecule has 6 rings (SSSR count). The quantitative estimate of drug-likeness (QED) is 0.485. The van der Waals surface area contributed by atoms with E-state index in [9.17, 15) is 19.2 Å². The van der Waals surface area contributed by atoms with Crippen LogP contribution in [0.1, 0.15) is 27.9 Å². The second-order valence-corrected chi connectivity index (χ2v) is 10.1. The van der Waals surface area contributed by atoms with Crippen molar-refractivity contribution in [2.75, 3.05) is 26.8 Å². The van der Waals surface area contributed by atoms with Crippen LogP contribution in [0.2, 0.25) is 0 Å². The molecular formula is C30H32N4O7. The van der Waals surface area contributed by atoms with E-state index in [1.807, 2.05) is 18.2 Å². The fourth-order valence-corrected chi connectivity index (χ4v) is 4.88. The molecule has 4 heterocycles. The zero-order valence-corrected chi connectivity index (χ0v) is 22.9. The van der Waals surface area contributed by atoms with Gasteiger partial charge in [0.05, 0.1) is 25.3 Å². The van der Waals surface area contributed by atoms with Gasteiger partial charge in [0.1, 0.15) is 11.9 Å². The molecule has 0 saturated carbocycles. The Morgan fingerprint density at radius 3 is 2.49 bits per heavy atom. The monoisotopic (exact) mass is 560 g/mol. The van der Waals surface area contributed by atoms with Gasteiger partial charge in [-0.2, -0.15) is 0 Å². The summed E-state index contributed by atoms with van der Waals surface area (Å²) in [5, 5.41) is 5.89. The van der Waals surface area contributed by atoms with Crippen LogP contribution in [0.4, 0.5) is 0 Å². The van der Waals surface area contributed by atoms with Gasteiger partial charge in [-0.1, -0.05) is 18.2 Å². The van der Waals surface area contributed by atoms with E-state index in [1.165, 1.54) is 30.0 Å². The number of benzene rings is 2. The molecule has 0 spiro atoms. The van der Waals surface area contributed by atoms with E-state index in [0.717, 1.165) is 11.1 Å². The van der Waals surface area contributed by atoms with Crippen molar-refractivity contribution in [2.24, 2.45) is 7.05 Å². The standard InChI is InChI=1S/C30H32N4O7/c1-33-15-21(7-12-29(33)37)30(38)34-16-23-26(17-34)41-22-8-3-20(4-9-22)14-31-28(36)18-40-25-13-19(5-10-24(25)39-2)6-11-27(35)32-23/h3-5,7-10,12-13,15,23,26H,6,11,14,16-18H2,1-2H3,(H,31,36)(H,32,35)/t23-,26-/m0/s1. The molecular weight excluding hydrogens is 528 g/mol. The van der Waals surface area contributed by atoms with Gasteiger partial charge in [0.15, 0.2) is 18.1 Å². The Labute approximate surface area is 237 Å². The number of nitrogens with zero attached hydrogens (tertiary/aromatic N) is 2. The third kappa shape index (κ3) is 6.68. The summed E-state index contributed by atoms with van der Waals surface area (Å²) in [5.41, 5.74) is 1.88. The van der Waals surface area contributed by atoms with Gasteiger partial charge in [0.25, 0.3) is 11.8 Å². The first-order valence-electron chi connectivity index (χ1n) is 13.4. The molecule has 3 aliphatic heterocycles. The molecule has 41 heavy (non-hydrogen) atoms. The van der Waals surface area contributed by atoms with E-state index in [-0.39, 0.29) is 49.4 Å². The van der Waals surface area contributed by atoms with Crippen molar-refractivity contribution in [3.05, 3.63) is 87.8 Å². The highest BCUT2D eigenvalue weighted by atomic mass is 16.5. The molecule has 2 atom stereocenters. The highest BCUT2D eigenvalue weighted by molar-refractivity contribution is 5.94. The lowest BCUT2D eigenvalue weighted by Gasteiger charge is -2.21. The Morgan fingerprint density at radius 2 is 1.73 bits per heavy atom. The maximum atomic E-state index is 13.3. The maximum absolute atomic E-state index is 13.3. The maximum Gasteiger partial charge on any atom is 0.258 e. The molecule has 11 heteroatoms. The first-order chi connectivity index (χ1) is 19.8. The van der Waals surface area contributed by atoms with Gasteiger partial charge in [-0.25, -0.2) is 0 Å². The third-order valence-corrected chi connectivity index (χ3v) is 7.16. The van der Waals surface area contributed by atoms with E-state index in [2.05, 4.69) is 10.6 Å². The largest absolute Gasteiger partial charge is 0.493 e. The Balaban J connectivity index is 1.38. The van der Waals surface area contributed by atoms with Crippen molar-refractivity contribution in [1.29, 1.82) is 0 Å². The molecule has 2 N–H and O–H groups in total. The van der Waals surface area contributed by atoms with Crippen molar-refractivity contribution in [1.82, 2.24) is 20.1 Å².